The first kappa shape index (κ1) is 20.4. The number of fused-ring (bicyclic) bond motifs is 1. The van der Waals surface area contributed by atoms with Gasteiger partial charge in [0.25, 0.3) is 5.91 Å². The molecule has 0 bridgehead atoms. The third kappa shape index (κ3) is 4.06. The summed E-state index contributed by atoms with van der Waals surface area (Å²) in [6, 6.07) is 13.1. The Kier molecular flexibility index (Phi) is 5.79. The summed E-state index contributed by atoms with van der Waals surface area (Å²) in [6.07, 6.45) is 1.76. The molecule has 7 heteroatoms. The summed E-state index contributed by atoms with van der Waals surface area (Å²) in [4.78, 5) is 26.8. The van der Waals surface area contributed by atoms with Gasteiger partial charge < -0.3 is 15.5 Å². The number of anilines is 1. The van der Waals surface area contributed by atoms with Gasteiger partial charge in [-0.3, -0.25) is 14.5 Å². The zero-order valence-corrected chi connectivity index (χ0v) is 17.5. The number of para-hydroxylation sites is 2. The molecule has 156 valence electrons. The first-order valence-electron chi connectivity index (χ1n) is 10.0. The van der Waals surface area contributed by atoms with Crippen LogP contribution in [0.15, 0.2) is 46.9 Å². The van der Waals surface area contributed by atoms with Crippen LogP contribution < -0.4 is 11.1 Å². The van der Waals surface area contributed by atoms with E-state index in [4.69, 9.17) is 21.8 Å². The van der Waals surface area contributed by atoms with Crippen LogP contribution in [0.2, 0.25) is 5.02 Å². The third-order valence-electron chi connectivity index (χ3n) is 5.69. The number of benzene rings is 2. The molecular formula is C23H24ClN3O3. The van der Waals surface area contributed by atoms with Crippen LogP contribution in [-0.4, -0.2) is 29.8 Å². The lowest BCUT2D eigenvalue weighted by atomic mass is 9.97. The zero-order chi connectivity index (χ0) is 21.3. The van der Waals surface area contributed by atoms with Crippen LogP contribution in [0.5, 0.6) is 0 Å². The molecule has 4 rings (SSSR count). The second-order valence-corrected chi connectivity index (χ2v) is 8.17. The van der Waals surface area contributed by atoms with Gasteiger partial charge in [-0.2, -0.15) is 0 Å². The molecule has 1 aliphatic heterocycles. The Balaban J connectivity index is 1.55. The van der Waals surface area contributed by atoms with E-state index >= 15 is 0 Å². The number of likely N-dealkylation sites (tertiary alicyclic amines) is 1. The second-order valence-electron chi connectivity index (χ2n) is 7.76. The molecule has 1 saturated heterocycles. The van der Waals surface area contributed by atoms with E-state index in [1.54, 1.807) is 6.07 Å². The fraction of sp³-hybridized carbons (Fsp3) is 0.304. The first-order chi connectivity index (χ1) is 14.4. The van der Waals surface area contributed by atoms with Crippen molar-refractivity contribution in [2.75, 3.05) is 18.4 Å². The fourth-order valence-electron chi connectivity index (χ4n) is 4.06. The van der Waals surface area contributed by atoms with Gasteiger partial charge in [0, 0.05) is 29.7 Å². The minimum absolute atomic E-state index is 0.122. The van der Waals surface area contributed by atoms with Gasteiger partial charge in [-0.1, -0.05) is 41.9 Å². The van der Waals surface area contributed by atoms with E-state index in [1.807, 2.05) is 43.3 Å². The monoisotopic (exact) mass is 425 g/mol. The molecule has 2 amide bonds. The van der Waals surface area contributed by atoms with E-state index in [0.29, 0.717) is 23.7 Å². The van der Waals surface area contributed by atoms with E-state index in [2.05, 4.69) is 10.2 Å². The van der Waals surface area contributed by atoms with Gasteiger partial charge in [0.15, 0.2) is 11.3 Å². The average molecular weight is 426 g/mol. The van der Waals surface area contributed by atoms with Crippen molar-refractivity contribution in [2.45, 2.75) is 26.3 Å². The van der Waals surface area contributed by atoms with Crippen molar-refractivity contribution in [1.29, 1.82) is 0 Å². The number of hydrogen-bond donors (Lipinski definition) is 2. The summed E-state index contributed by atoms with van der Waals surface area (Å²) < 4.78 is 5.79. The van der Waals surface area contributed by atoms with Crippen LogP contribution in [0.4, 0.5) is 5.69 Å². The maximum Gasteiger partial charge on any atom is 0.291 e. The third-order valence-corrected chi connectivity index (χ3v) is 5.99. The highest BCUT2D eigenvalue weighted by Crippen LogP contribution is 2.31. The average Bonchev–Trinajstić information content (AvgIpc) is 3.08. The Labute approximate surface area is 180 Å². The number of nitrogens with one attached hydrogen (secondary N) is 1. The Hall–Kier alpha value is -2.83. The van der Waals surface area contributed by atoms with Crippen molar-refractivity contribution < 1.29 is 14.0 Å². The Bertz CT molecular complexity index is 1110. The van der Waals surface area contributed by atoms with Crippen molar-refractivity contribution in [3.63, 3.8) is 0 Å². The molecular weight excluding hydrogens is 402 g/mol. The maximum absolute atomic E-state index is 13.0. The number of halogens is 1. The molecule has 6 nitrogen and oxygen atoms in total. The normalized spacial score (nSPS) is 17.2. The number of rotatable bonds is 5. The molecule has 3 aromatic rings. The molecule has 0 spiro atoms. The molecule has 3 N–H and O–H groups in total. The summed E-state index contributed by atoms with van der Waals surface area (Å²) in [5.41, 5.74) is 8.46. The number of carbonyl (C=O) groups excluding carboxylic acids is 2. The van der Waals surface area contributed by atoms with Crippen molar-refractivity contribution in [2.24, 2.45) is 11.7 Å². The van der Waals surface area contributed by atoms with E-state index in [9.17, 15) is 9.59 Å². The van der Waals surface area contributed by atoms with E-state index in [-0.39, 0.29) is 23.5 Å². The Morgan fingerprint density at radius 1 is 1.23 bits per heavy atom. The summed E-state index contributed by atoms with van der Waals surface area (Å²) in [6.45, 7) is 4.01. The molecule has 0 radical (unpaired) electrons. The summed E-state index contributed by atoms with van der Waals surface area (Å²) in [7, 11) is 0. The Morgan fingerprint density at radius 2 is 2.03 bits per heavy atom. The van der Waals surface area contributed by atoms with Crippen molar-refractivity contribution in [1.82, 2.24) is 4.90 Å². The van der Waals surface area contributed by atoms with Gasteiger partial charge in [0.2, 0.25) is 5.91 Å². The number of aryl methyl sites for hydroxylation is 1. The van der Waals surface area contributed by atoms with Crippen molar-refractivity contribution in [3.8, 4) is 0 Å². The van der Waals surface area contributed by atoms with Gasteiger partial charge in [0.1, 0.15) is 0 Å². The molecule has 0 aliphatic carbocycles. The van der Waals surface area contributed by atoms with E-state index in [1.165, 1.54) is 0 Å². The predicted molar refractivity (Wildman–Crippen MR) is 118 cm³/mol. The number of carbonyl (C=O) groups is 2. The molecule has 2 aromatic carbocycles. The number of primary amides is 1. The summed E-state index contributed by atoms with van der Waals surface area (Å²) in [5, 5.41) is 4.28. The van der Waals surface area contributed by atoms with Gasteiger partial charge >= 0.3 is 0 Å². The lowest BCUT2D eigenvalue weighted by Gasteiger charge is -2.31. The molecule has 1 atom stereocenters. The standard InChI is InChI=1S/C23H24ClN3O3/c1-14-17-8-4-9-18(24)21(17)30-20(14)23(29)26-19-10-3-2-6-15(19)12-27-11-5-7-16(13-27)22(25)28/h2-4,6,8-10,16H,5,7,11-13H2,1H3,(H2,25,28)(H,26,29). The largest absolute Gasteiger partial charge is 0.449 e. The van der Waals surface area contributed by atoms with Crippen molar-refractivity contribution >= 4 is 40.1 Å². The van der Waals surface area contributed by atoms with Crippen LogP contribution in [0.25, 0.3) is 11.0 Å². The van der Waals surface area contributed by atoms with E-state index < -0.39 is 0 Å². The molecule has 1 fully saturated rings. The summed E-state index contributed by atoms with van der Waals surface area (Å²) >= 11 is 6.21. The molecule has 1 unspecified atom stereocenters. The highest BCUT2D eigenvalue weighted by atomic mass is 35.5. The van der Waals surface area contributed by atoms with Gasteiger partial charge in [-0.25, -0.2) is 0 Å². The quantitative estimate of drug-likeness (QED) is 0.636. The lowest BCUT2D eigenvalue weighted by Crippen LogP contribution is -2.40. The fourth-order valence-corrected chi connectivity index (χ4v) is 4.27. The summed E-state index contributed by atoms with van der Waals surface area (Å²) in [5.74, 6) is -0.440. The number of nitrogens with two attached hydrogens (primary N) is 1. The molecule has 1 aliphatic rings. The van der Waals surface area contributed by atoms with Crippen LogP contribution in [0.3, 0.4) is 0 Å². The molecule has 2 heterocycles. The van der Waals surface area contributed by atoms with Gasteiger partial charge in [-0.05, 0) is 44.0 Å². The minimum atomic E-state index is -0.319. The van der Waals surface area contributed by atoms with Crippen molar-refractivity contribution in [3.05, 3.63) is 64.4 Å². The van der Waals surface area contributed by atoms with Crippen LogP contribution in [0, 0.1) is 12.8 Å². The van der Waals surface area contributed by atoms with Crippen LogP contribution in [0.1, 0.15) is 34.5 Å². The topological polar surface area (TPSA) is 88.6 Å². The molecule has 30 heavy (non-hydrogen) atoms. The number of furan rings is 1. The molecule has 1 aromatic heterocycles. The Morgan fingerprint density at radius 3 is 2.80 bits per heavy atom. The number of amides is 2. The first-order valence-corrected chi connectivity index (χ1v) is 10.4. The molecule has 0 saturated carbocycles. The highest BCUT2D eigenvalue weighted by Gasteiger charge is 2.25. The number of piperidine rings is 1. The number of hydrogen-bond acceptors (Lipinski definition) is 4. The van der Waals surface area contributed by atoms with Crippen LogP contribution in [-0.2, 0) is 11.3 Å². The van der Waals surface area contributed by atoms with Gasteiger partial charge in [0.05, 0.1) is 10.9 Å². The van der Waals surface area contributed by atoms with Gasteiger partial charge in [-0.15, -0.1) is 0 Å². The second kappa shape index (κ2) is 8.50. The zero-order valence-electron chi connectivity index (χ0n) is 16.8. The predicted octanol–water partition coefficient (Wildman–Crippen LogP) is 4.34. The highest BCUT2D eigenvalue weighted by molar-refractivity contribution is 6.35. The minimum Gasteiger partial charge on any atom is -0.449 e. The van der Waals surface area contributed by atoms with E-state index in [0.717, 1.165) is 41.6 Å². The van der Waals surface area contributed by atoms with Crippen LogP contribution >= 0.6 is 11.6 Å². The lowest BCUT2D eigenvalue weighted by molar-refractivity contribution is -0.123. The smallest absolute Gasteiger partial charge is 0.291 e. The SMILES string of the molecule is Cc1c(C(=O)Nc2ccccc2CN2CCCC(C(N)=O)C2)oc2c(Cl)cccc12. The maximum atomic E-state index is 13.0. The number of nitrogens with zero attached hydrogens (tertiary/aromatic N) is 1.